The van der Waals surface area contributed by atoms with Gasteiger partial charge in [-0.2, -0.15) is 10.1 Å². The topological polar surface area (TPSA) is 104 Å². The molecule has 0 aliphatic carbocycles. The highest BCUT2D eigenvalue weighted by Crippen LogP contribution is 2.33. The molecule has 3 aromatic rings. The SMILES string of the molecule is Cc1ccc(N2C(=O)[C@@H]3N=NN(Cc4nc(-c5ccccc5C)no4)[C@H]3C2=O)cc1C. The van der Waals surface area contributed by atoms with E-state index in [9.17, 15) is 9.59 Å². The molecule has 2 amide bonds. The number of nitrogens with zero attached hydrogens (tertiary/aromatic N) is 6. The average molecular weight is 416 g/mol. The fourth-order valence-corrected chi connectivity index (χ4v) is 3.86. The third-order valence-corrected chi connectivity index (χ3v) is 5.76. The van der Waals surface area contributed by atoms with E-state index in [2.05, 4.69) is 20.5 Å². The number of amides is 2. The minimum absolute atomic E-state index is 0.0866. The van der Waals surface area contributed by atoms with Crippen molar-refractivity contribution in [3.8, 4) is 11.4 Å². The molecule has 2 atom stereocenters. The second-order valence-corrected chi connectivity index (χ2v) is 7.80. The summed E-state index contributed by atoms with van der Waals surface area (Å²) in [6, 6.07) is 11.5. The minimum atomic E-state index is -0.868. The number of rotatable bonds is 4. The van der Waals surface area contributed by atoms with Gasteiger partial charge in [0.2, 0.25) is 11.7 Å². The lowest BCUT2D eigenvalue weighted by Gasteiger charge is -2.19. The lowest BCUT2D eigenvalue weighted by molar-refractivity contribution is -0.123. The van der Waals surface area contributed by atoms with Crippen molar-refractivity contribution >= 4 is 17.5 Å². The van der Waals surface area contributed by atoms with Gasteiger partial charge < -0.3 is 4.52 Å². The van der Waals surface area contributed by atoms with Gasteiger partial charge in [0, 0.05) is 5.56 Å². The Balaban J connectivity index is 1.38. The van der Waals surface area contributed by atoms with Crippen LogP contribution in [0, 0.1) is 20.8 Å². The Morgan fingerprint density at radius 3 is 2.55 bits per heavy atom. The van der Waals surface area contributed by atoms with Gasteiger partial charge in [-0.05, 0) is 49.6 Å². The lowest BCUT2D eigenvalue weighted by Crippen LogP contribution is -2.39. The largest absolute Gasteiger partial charge is 0.337 e. The van der Waals surface area contributed by atoms with Crippen molar-refractivity contribution in [2.45, 2.75) is 39.4 Å². The molecule has 1 saturated heterocycles. The zero-order chi connectivity index (χ0) is 21.7. The zero-order valence-electron chi connectivity index (χ0n) is 17.3. The summed E-state index contributed by atoms with van der Waals surface area (Å²) >= 11 is 0. The Morgan fingerprint density at radius 1 is 0.968 bits per heavy atom. The number of aryl methyl sites for hydroxylation is 3. The lowest BCUT2D eigenvalue weighted by atomic mass is 10.1. The quantitative estimate of drug-likeness (QED) is 0.605. The van der Waals surface area contributed by atoms with Crippen LogP contribution in [0.4, 0.5) is 5.69 Å². The molecule has 9 nitrogen and oxygen atoms in total. The maximum atomic E-state index is 13.1. The summed E-state index contributed by atoms with van der Waals surface area (Å²) < 4.78 is 5.37. The van der Waals surface area contributed by atoms with E-state index in [1.165, 1.54) is 9.91 Å². The van der Waals surface area contributed by atoms with Crippen molar-refractivity contribution in [1.82, 2.24) is 15.1 Å². The first-order valence-corrected chi connectivity index (χ1v) is 9.95. The third-order valence-electron chi connectivity index (χ3n) is 5.76. The van der Waals surface area contributed by atoms with Crippen LogP contribution in [-0.4, -0.2) is 39.0 Å². The van der Waals surface area contributed by atoms with Gasteiger partial charge in [0.05, 0.1) is 5.69 Å². The van der Waals surface area contributed by atoms with Crippen molar-refractivity contribution in [2.75, 3.05) is 4.90 Å². The van der Waals surface area contributed by atoms with Crippen molar-refractivity contribution in [3.63, 3.8) is 0 Å². The Kier molecular flexibility index (Phi) is 4.39. The van der Waals surface area contributed by atoms with Crippen LogP contribution in [0.25, 0.3) is 11.4 Å². The van der Waals surface area contributed by atoms with Crippen LogP contribution in [0.3, 0.4) is 0 Å². The van der Waals surface area contributed by atoms with E-state index in [4.69, 9.17) is 4.52 Å². The van der Waals surface area contributed by atoms with Crippen LogP contribution < -0.4 is 4.90 Å². The molecule has 1 fully saturated rings. The molecule has 0 N–H and O–H groups in total. The fourth-order valence-electron chi connectivity index (χ4n) is 3.86. The van der Waals surface area contributed by atoms with Gasteiger partial charge in [0.15, 0.2) is 12.1 Å². The van der Waals surface area contributed by atoms with Gasteiger partial charge in [-0.15, -0.1) is 0 Å². The van der Waals surface area contributed by atoms with Gasteiger partial charge in [-0.25, -0.2) is 4.90 Å². The molecule has 31 heavy (non-hydrogen) atoms. The van der Waals surface area contributed by atoms with E-state index in [-0.39, 0.29) is 18.4 Å². The predicted molar refractivity (Wildman–Crippen MR) is 111 cm³/mol. The first-order chi connectivity index (χ1) is 14.9. The Labute approximate surface area is 178 Å². The minimum Gasteiger partial charge on any atom is -0.337 e. The molecule has 0 unspecified atom stereocenters. The van der Waals surface area contributed by atoms with Crippen LogP contribution in [0.1, 0.15) is 22.6 Å². The van der Waals surface area contributed by atoms with Crippen LogP contribution in [0.2, 0.25) is 0 Å². The highest BCUT2D eigenvalue weighted by molar-refractivity contribution is 6.25. The van der Waals surface area contributed by atoms with Gasteiger partial charge in [0.1, 0.15) is 6.54 Å². The monoisotopic (exact) mass is 416 g/mol. The van der Waals surface area contributed by atoms with Gasteiger partial charge in [0.25, 0.3) is 11.8 Å². The van der Waals surface area contributed by atoms with E-state index in [0.29, 0.717) is 17.4 Å². The van der Waals surface area contributed by atoms with E-state index in [1.807, 2.05) is 57.2 Å². The number of imide groups is 1. The van der Waals surface area contributed by atoms with E-state index < -0.39 is 12.1 Å². The van der Waals surface area contributed by atoms with Crippen molar-refractivity contribution < 1.29 is 14.1 Å². The summed E-state index contributed by atoms with van der Waals surface area (Å²) in [5, 5.41) is 13.6. The van der Waals surface area contributed by atoms with Crippen LogP contribution in [-0.2, 0) is 16.1 Å². The summed E-state index contributed by atoms with van der Waals surface area (Å²) in [6.45, 7) is 5.98. The van der Waals surface area contributed by atoms with E-state index in [1.54, 1.807) is 6.07 Å². The zero-order valence-corrected chi connectivity index (χ0v) is 17.3. The van der Waals surface area contributed by atoms with Gasteiger partial charge in [-0.3, -0.25) is 14.6 Å². The predicted octanol–water partition coefficient (Wildman–Crippen LogP) is 3.16. The number of carbonyl (C=O) groups excluding carboxylic acids is 2. The first kappa shape index (κ1) is 19.1. The summed E-state index contributed by atoms with van der Waals surface area (Å²) in [4.78, 5) is 31.7. The molecule has 9 heteroatoms. The second kappa shape index (κ2) is 7.12. The molecule has 3 heterocycles. The first-order valence-electron chi connectivity index (χ1n) is 9.95. The molecular formula is C22H20N6O3. The van der Waals surface area contributed by atoms with Crippen molar-refractivity contribution in [1.29, 1.82) is 0 Å². The molecule has 1 aromatic heterocycles. The van der Waals surface area contributed by atoms with Crippen LogP contribution >= 0.6 is 0 Å². The Hall–Kier alpha value is -3.88. The maximum Gasteiger partial charge on any atom is 0.263 e. The normalized spacial score (nSPS) is 20.1. The molecular weight excluding hydrogens is 396 g/mol. The Morgan fingerprint density at radius 2 is 1.77 bits per heavy atom. The van der Waals surface area contributed by atoms with E-state index >= 15 is 0 Å². The number of fused-ring (bicyclic) bond motifs is 1. The molecule has 0 bridgehead atoms. The summed E-state index contributed by atoms with van der Waals surface area (Å²) in [6.07, 6.45) is 0. The van der Waals surface area contributed by atoms with Crippen LogP contribution in [0.15, 0.2) is 57.3 Å². The Bertz CT molecular complexity index is 1230. The van der Waals surface area contributed by atoms with Gasteiger partial charge >= 0.3 is 0 Å². The molecule has 5 rings (SSSR count). The number of hydrogen-bond donors (Lipinski definition) is 0. The van der Waals surface area contributed by atoms with Gasteiger partial charge in [-0.1, -0.05) is 40.7 Å². The highest BCUT2D eigenvalue weighted by atomic mass is 16.5. The number of carbonyl (C=O) groups is 2. The number of hydrogen-bond acceptors (Lipinski definition) is 8. The molecule has 2 aliphatic heterocycles. The van der Waals surface area contributed by atoms with Crippen molar-refractivity contribution in [2.24, 2.45) is 10.3 Å². The molecule has 2 aromatic carbocycles. The third kappa shape index (κ3) is 3.09. The fraction of sp³-hybridized carbons (Fsp3) is 0.273. The number of benzene rings is 2. The summed E-state index contributed by atoms with van der Waals surface area (Å²) in [5.41, 5.74) is 4.53. The van der Waals surface area contributed by atoms with E-state index in [0.717, 1.165) is 22.3 Å². The standard InChI is InChI=1S/C22H20N6O3/c1-12-8-9-15(10-14(12)3)28-21(29)18-19(22(28)30)27(26-24-18)11-17-23-20(25-31-17)16-7-5-4-6-13(16)2/h4-10,18-19H,11H2,1-3H3/t18-,19-/m1/s1. The van der Waals surface area contributed by atoms with Crippen LogP contribution in [0.5, 0.6) is 0 Å². The second-order valence-electron chi connectivity index (χ2n) is 7.80. The smallest absolute Gasteiger partial charge is 0.263 e. The average Bonchev–Trinajstić information content (AvgIpc) is 3.43. The molecule has 2 aliphatic rings. The highest BCUT2D eigenvalue weighted by Gasteiger charge is 2.55. The maximum absolute atomic E-state index is 13.1. The molecule has 156 valence electrons. The molecule has 0 radical (unpaired) electrons. The number of aromatic nitrogens is 2. The number of anilines is 1. The molecule has 0 spiro atoms. The summed E-state index contributed by atoms with van der Waals surface area (Å²) in [5.74, 6) is 0.0200. The molecule has 0 saturated carbocycles. The summed E-state index contributed by atoms with van der Waals surface area (Å²) in [7, 11) is 0. The van der Waals surface area contributed by atoms with Crippen molar-refractivity contribution in [3.05, 3.63) is 65.0 Å².